The maximum Gasteiger partial charge on any atom is 0.0704 e. The molecule has 1 aromatic carbocycles. The summed E-state index contributed by atoms with van der Waals surface area (Å²) in [6.45, 7) is 2.20. The Hall–Kier alpha value is -1.37. The molecule has 1 heteroatoms. The van der Waals surface area contributed by atoms with Crippen LogP contribution in [-0.4, -0.2) is 4.98 Å². The number of para-hydroxylation sites is 1. The molecule has 0 bridgehead atoms. The van der Waals surface area contributed by atoms with Gasteiger partial charge < -0.3 is 0 Å². The third-order valence-electron chi connectivity index (χ3n) is 4.37. The van der Waals surface area contributed by atoms with Gasteiger partial charge >= 0.3 is 0 Å². The maximum absolute atomic E-state index is 4.46. The van der Waals surface area contributed by atoms with Crippen molar-refractivity contribution in [1.29, 1.82) is 0 Å². The van der Waals surface area contributed by atoms with Gasteiger partial charge in [0.15, 0.2) is 0 Å². The predicted octanol–water partition coefficient (Wildman–Crippen LogP) is 4.73. The van der Waals surface area contributed by atoms with Crippen molar-refractivity contribution in [1.82, 2.24) is 4.98 Å². The first-order valence-electron chi connectivity index (χ1n) is 7.01. The molecule has 93 valence electrons. The van der Waals surface area contributed by atoms with Crippen LogP contribution in [0, 0.1) is 12.3 Å². The monoisotopic (exact) mass is 238 g/mol. The lowest BCUT2D eigenvalue weighted by molar-refractivity contribution is 0.360. The average Bonchev–Trinajstić information content (AvgIpc) is 2.47. The largest absolute Gasteiger partial charge is 0.256 e. The molecule has 3 rings (SSSR count). The normalized spacial score (nSPS) is 24.3. The molecular formula is C17H20N. The molecule has 0 aliphatic heterocycles. The summed E-state index contributed by atoms with van der Waals surface area (Å²) in [6, 6.07) is 10.8. The molecule has 1 fully saturated rings. The lowest BCUT2D eigenvalue weighted by Crippen LogP contribution is -2.13. The topological polar surface area (TPSA) is 12.9 Å². The fraction of sp³-hybridized carbons (Fsp3) is 0.412. The van der Waals surface area contributed by atoms with Crippen LogP contribution in [0.15, 0.2) is 36.5 Å². The molecule has 1 radical (unpaired) electrons. The highest BCUT2D eigenvalue weighted by Crippen LogP contribution is 2.38. The van der Waals surface area contributed by atoms with Gasteiger partial charge in [-0.05, 0) is 61.6 Å². The first-order valence-corrected chi connectivity index (χ1v) is 7.01. The first-order chi connectivity index (χ1) is 8.88. The Morgan fingerprint density at radius 1 is 1.06 bits per heavy atom. The summed E-state index contributed by atoms with van der Waals surface area (Å²) in [5.41, 5.74) is 2.65. The van der Waals surface area contributed by atoms with Crippen LogP contribution in [0.4, 0.5) is 0 Å². The van der Waals surface area contributed by atoms with Crippen molar-refractivity contribution < 1.29 is 0 Å². The summed E-state index contributed by atoms with van der Waals surface area (Å²) in [5, 5.41) is 1.35. The molecule has 1 heterocycles. The van der Waals surface area contributed by atoms with Crippen molar-refractivity contribution in [2.75, 3.05) is 0 Å². The van der Waals surface area contributed by atoms with Gasteiger partial charge in [-0.2, -0.15) is 0 Å². The van der Waals surface area contributed by atoms with Crippen molar-refractivity contribution >= 4 is 10.9 Å². The highest BCUT2D eigenvalue weighted by molar-refractivity contribution is 5.82. The van der Waals surface area contributed by atoms with Crippen LogP contribution >= 0.6 is 0 Å². The predicted molar refractivity (Wildman–Crippen MR) is 76.4 cm³/mol. The minimum Gasteiger partial charge on any atom is -0.256 e. The second-order valence-corrected chi connectivity index (χ2v) is 5.36. The molecule has 1 nitrogen and oxygen atoms in total. The van der Waals surface area contributed by atoms with E-state index in [1.807, 2.05) is 6.20 Å². The summed E-state index contributed by atoms with van der Waals surface area (Å²) in [5.74, 6) is 1.57. The van der Waals surface area contributed by atoms with E-state index in [1.54, 1.807) is 0 Å². The van der Waals surface area contributed by atoms with Gasteiger partial charge in [0.2, 0.25) is 0 Å². The van der Waals surface area contributed by atoms with Crippen LogP contribution < -0.4 is 0 Å². The average molecular weight is 238 g/mol. The lowest BCUT2D eigenvalue weighted by Gasteiger charge is -2.28. The van der Waals surface area contributed by atoms with Crippen LogP contribution in [0.25, 0.3) is 10.9 Å². The van der Waals surface area contributed by atoms with E-state index in [0.29, 0.717) is 0 Å². The lowest BCUT2D eigenvalue weighted by atomic mass is 9.77. The summed E-state index contributed by atoms with van der Waals surface area (Å²) < 4.78 is 0. The first kappa shape index (κ1) is 11.7. The second kappa shape index (κ2) is 5.09. The number of hydrogen-bond acceptors (Lipinski definition) is 1. The number of rotatable bonds is 2. The Kier molecular flexibility index (Phi) is 3.31. The maximum atomic E-state index is 4.46. The van der Waals surface area contributed by atoms with E-state index >= 15 is 0 Å². The minimum absolute atomic E-state index is 0.731. The third kappa shape index (κ3) is 2.14. The third-order valence-corrected chi connectivity index (χ3v) is 4.37. The Bertz CT molecular complexity index is 519. The highest BCUT2D eigenvalue weighted by atomic mass is 14.6. The molecule has 0 N–H and O–H groups in total. The quantitative estimate of drug-likeness (QED) is 0.737. The zero-order valence-electron chi connectivity index (χ0n) is 11.0. The van der Waals surface area contributed by atoms with Crippen molar-refractivity contribution in [2.24, 2.45) is 5.92 Å². The van der Waals surface area contributed by atoms with Crippen molar-refractivity contribution in [3.8, 4) is 0 Å². The number of benzene rings is 1. The second-order valence-electron chi connectivity index (χ2n) is 5.36. The smallest absolute Gasteiger partial charge is 0.0704 e. The van der Waals surface area contributed by atoms with E-state index in [0.717, 1.165) is 17.4 Å². The van der Waals surface area contributed by atoms with Crippen LogP contribution in [0.5, 0.6) is 0 Å². The summed E-state index contributed by atoms with van der Waals surface area (Å²) >= 11 is 0. The summed E-state index contributed by atoms with van der Waals surface area (Å²) in [7, 11) is 0. The van der Waals surface area contributed by atoms with Crippen molar-refractivity contribution in [3.63, 3.8) is 0 Å². The Balaban J connectivity index is 1.91. The molecule has 18 heavy (non-hydrogen) atoms. The molecule has 1 saturated carbocycles. The highest BCUT2D eigenvalue weighted by Gasteiger charge is 2.22. The summed E-state index contributed by atoms with van der Waals surface area (Å²) in [6.07, 6.45) is 9.68. The van der Waals surface area contributed by atoms with E-state index in [2.05, 4.69) is 48.7 Å². The summed E-state index contributed by atoms with van der Waals surface area (Å²) in [4.78, 5) is 4.46. The van der Waals surface area contributed by atoms with Gasteiger partial charge in [0.1, 0.15) is 0 Å². The number of fused-ring (bicyclic) bond motifs is 1. The standard InChI is InChI=1S/C17H20N/c1-2-13-7-9-14(10-8-13)15-11-12-18-17-6-4-3-5-16(15)17/h2-6,11-14H,7-10H2,1H3. The Morgan fingerprint density at radius 3 is 2.61 bits per heavy atom. The zero-order chi connectivity index (χ0) is 12.4. The van der Waals surface area contributed by atoms with Crippen molar-refractivity contribution in [3.05, 3.63) is 48.5 Å². The van der Waals surface area contributed by atoms with E-state index in [9.17, 15) is 0 Å². The molecule has 0 saturated heterocycles. The van der Waals surface area contributed by atoms with Gasteiger partial charge in [-0.3, -0.25) is 4.98 Å². The number of nitrogens with zero attached hydrogens (tertiary/aromatic N) is 1. The van der Waals surface area contributed by atoms with E-state index in [-0.39, 0.29) is 0 Å². The van der Waals surface area contributed by atoms with E-state index in [1.165, 1.54) is 36.6 Å². The molecule has 1 aliphatic rings. The van der Waals surface area contributed by atoms with Gasteiger partial charge in [0, 0.05) is 11.6 Å². The fourth-order valence-corrected chi connectivity index (χ4v) is 3.24. The van der Waals surface area contributed by atoms with Crippen molar-refractivity contribution in [2.45, 2.75) is 38.5 Å². The molecule has 1 aromatic heterocycles. The van der Waals surface area contributed by atoms with Crippen LogP contribution in [0.2, 0.25) is 0 Å². The van der Waals surface area contributed by atoms with Gasteiger partial charge in [0.05, 0.1) is 5.52 Å². The van der Waals surface area contributed by atoms with Gasteiger partial charge in [-0.1, -0.05) is 25.1 Å². The molecule has 0 amide bonds. The molecule has 2 aromatic rings. The molecule has 0 spiro atoms. The van der Waals surface area contributed by atoms with Crippen LogP contribution in [0.1, 0.15) is 44.1 Å². The number of pyridine rings is 1. The molecule has 0 atom stereocenters. The van der Waals surface area contributed by atoms with Gasteiger partial charge in [-0.15, -0.1) is 0 Å². The van der Waals surface area contributed by atoms with Gasteiger partial charge in [0.25, 0.3) is 0 Å². The number of aromatic nitrogens is 1. The minimum atomic E-state index is 0.731. The van der Waals surface area contributed by atoms with E-state index in [4.69, 9.17) is 0 Å². The van der Waals surface area contributed by atoms with E-state index < -0.39 is 0 Å². The fourth-order valence-electron chi connectivity index (χ4n) is 3.24. The van der Waals surface area contributed by atoms with Crippen LogP contribution in [-0.2, 0) is 0 Å². The van der Waals surface area contributed by atoms with Gasteiger partial charge in [-0.25, -0.2) is 0 Å². The molecule has 1 aliphatic carbocycles. The SMILES string of the molecule is C[CH]C1CCC(c2ccnc3ccccc23)CC1. The molecular weight excluding hydrogens is 218 g/mol. The Labute approximate surface area is 109 Å². The molecule has 0 unspecified atom stereocenters. The Morgan fingerprint density at radius 2 is 1.83 bits per heavy atom. The zero-order valence-corrected chi connectivity index (χ0v) is 11.0. The van der Waals surface area contributed by atoms with Crippen LogP contribution in [0.3, 0.4) is 0 Å². The number of hydrogen-bond donors (Lipinski definition) is 0.